The van der Waals surface area contributed by atoms with Crippen LogP contribution in [0.15, 0.2) is 0 Å². The Hall–Kier alpha value is -0.160. The molecular formula is C14H24O4. The largest absolute Gasteiger partial charge is 0.353 e. The van der Waals surface area contributed by atoms with Gasteiger partial charge in [-0.25, -0.2) is 0 Å². The van der Waals surface area contributed by atoms with Crippen molar-refractivity contribution in [2.75, 3.05) is 26.4 Å². The van der Waals surface area contributed by atoms with Crippen molar-refractivity contribution in [3.05, 3.63) is 0 Å². The Labute approximate surface area is 109 Å². The molecule has 18 heavy (non-hydrogen) atoms. The summed E-state index contributed by atoms with van der Waals surface area (Å²) in [5, 5.41) is 0. The molecule has 0 aromatic heterocycles. The molecule has 4 nitrogen and oxygen atoms in total. The lowest BCUT2D eigenvalue weighted by Gasteiger charge is -2.36. The van der Waals surface area contributed by atoms with E-state index in [1.165, 1.54) is 19.3 Å². The van der Waals surface area contributed by atoms with E-state index in [2.05, 4.69) is 0 Å². The van der Waals surface area contributed by atoms with Crippen LogP contribution in [0.5, 0.6) is 0 Å². The van der Waals surface area contributed by atoms with Gasteiger partial charge < -0.3 is 18.9 Å². The van der Waals surface area contributed by atoms with E-state index < -0.39 is 0 Å². The second-order valence-electron chi connectivity index (χ2n) is 5.65. The van der Waals surface area contributed by atoms with Crippen molar-refractivity contribution in [2.45, 2.75) is 57.0 Å². The summed E-state index contributed by atoms with van der Waals surface area (Å²) in [5.41, 5.74) is 0. The summed E-state index contributed by atoms with van der Waals surface area (Å²) in [7, 11) is 0. The Morgan fingerprint density at radius 3 is 2.17 bits per heavy atom. The van der Waals surface area contributed by atoms with E-state index in [0.717, 1.165) is 58.0 Å². The van der Waals surface area contributed by atoms with Crippen LogP contribution in [0.3, 0.4) is 0 Å². The molecule has 2 saturated heterocycles. The first-order chi connectivity index (χ1) is 8.86. The van der Waals surface area contributed by atoms with E-state index in [-0.39, 0.29) is 12.1 Å². The molecule has 1 spiro atoms. The molecular weight excluding hydrogens is 232 g/mol. The Balaban J connectivity index is 1.37. The van der Waals surface area contributed by atoms with Crippen LogP contribution in [0.4, 0.5) is 0 Å². The van der Waals surface area contributed by atoms with Gasteiger partial charge in [-0.15, -0.1) is 0 Å². The predicted octanol–water partition coefficient (Wildman–Crippen LogP) is 2.46. The number of rotatable bonds is 3. The summed E-state index contributed by atoms with van der Waals surface area (Å²) in [6.45, 7) is 3.27. The van der Waals surface area contributed by atoms with Crippen LogP contribution < -0.4 is 0 Å². The molecule has 1 aliphatic carbocycles. The van der Waals surface area contributed by atoms with Crippen molar-refractivity contribution in [1.29, 1.82) is 0 Å². The van der Waals surface area contributed by atoms with Crippen LogP contribution >= 0.6 is 0 Å². The van der Waals surface area contributed by atoms with Gasteiger partial charge in [0.05, 0.1) is 26.4 Å². The van der Waals surface area contributed by atoms with Gasteiger partial charge in [0.15, 0.2) is 12.1 Å². The van der Waals surface area contributed by atoms with Gasteiger partial charge in [0.1, 0.15) is 0 Å². The zero-order chi connectivity index (χ0) is 12.3. The van der Waals surface area contributed by atoms with Gasteiger partial charge in [0.2, 0.25) is 0 Å². The molecule has 0 radical (unpaired) electrons. The maximum atomic E-state index is 5.75. The lowest BCUT2D eigenvalue weighted by molar-refractivity contribution is -0.191. The standard InChI is InChI=1S/C14H24O4/c1-8-15-13(16-9-1)3-2-12-4-6-14(7-5-12)17-10-11-18-14/h12-13H,1-11H2. The zero-order valence-corrected chi connectivity index (χ0v) is 11.1. The van der Waals surface area contributed by atoms with Crippen LogP contribution in [-0.4, -0.2) is 38.5 Å². The van der Waals surface area contributed by atoms with Crippen molar-refractivity contribution in [3.8, 4) is 0 Å². The van der Waals surface area contributed by atoms with Gasteiger partial charge in [0.25, 0.3) is 0 Å². The lowest BCUT2D eigenvalue weighted by atomic mass is 9.82. The quantitative estimate of drug-likeness (QED) is 0.777. The van der Waals surface area contributed by atoms with E-state index in [1.807, 2.05) is 0 Å². The minimum Gasteiger partial charge on any atom is -0.353 e. The molecule has 0 atom stereocenters. The van der Waals surface area contributed by atoms with Crippen molar-refractivity contribution < 1.29 is 18.9 Å². The van der Waals surface area contributed by atoms with E-state index in [1.54, 1.807) is 0 Å². The van der Waals surface area contributed by atoms with Crippen LogP contribution in [0.1, 0.15) is 44.9 Å². The average molecular weight is 256 g/mol. The second-order valence-corrected chi connectivity index (χ2v) is 5.65. The topological polar surface area (TPSA) is 36.9 Å². The molecule has 0 aromatic rings. The first-order valence-electron chi connectivity index (χ1n) is 7.37. The monoisotopic (exact) mass is 256 g/mol. The van der Waals surface area contributed by atoms with Gasteiger partial charge in [0, 0.05) is 12.8 Å². The van der Waals surface area contributed by atoms with Gasteiger partial charge in [-0.1, -0.05) is 0 Å². The van der Waals surface area contributed by atoms with Gasteiger partial charge in [-0.2, -0.15) is 0 Å². The fourth-order valence-corrected chi connectivity index (χ4v) is 3.27. The molecule has 0 bridgehead atoms. The minimum absolute atomic E-state index is 0.0496. The summed E-state index contributed by atoms with van der Waals surface area (Å²) in [6.07, 6.45) is 7.89. The Morgan fingerprint density at radius 1 is 0.833 bits per heavy atom. The lowest BCUT2D eigenvalue weighted by Crippen LogP contribution is -2.35. The van der Waals surface area contributed by atoms with Crippen LogP contribution in [-0.2, 0) is 18.9 Å². The van der Waals surface area contributed by atoms with E-state index in [0.29, 0.717) is 0 Å². The molecule has 0 amide bonds. The summed E-state index contributed by atoms with van der Waals surface area (Å²) in [4.78, 5) is 0. The molecule has 3 aliphatic rings. The SMILES string of the molecule is C1COC(CCC2CCC3(CC2)OCCO3)OC1. The third-order valence-corrected chi connectivity index (χ3v) is 4.39. The van der Waals surface area contributed by atoms with Gasteiger partial charge in [-0.05, 0) is 38.0 Å². The smallest absolute Gasteiger partial charge is 0.168 e. The maximum Gasteiger partial charge on any atom is 0.168 e. The highest BCUT2D eigenvalue weighted by Gasteiger charge is 2.40. The summed E-state index contributed by atoms with van der Waals surface area (Å²) in [6, 6.07) is 0. The molecule has 2 aliphatic heterocycles. The highest BCUT2D eigenvalue weighted by Crippen LogP contribution is 2.39. The first-order valence-corrected chi connectivity index (χ1v) is 7.37. The number of hydrogen-bond donors (Lipinski definition) is 0. The fraction of sp³-hybridized carbons (Fsp3) is 1.00. The fourth-order valence-electron chi connectivity index (χ4n) is 3.27. The van der Waals surface area contributed by atoms with Gasteiger partial charge >= 0.3 is 0 Å². The molecule has 0 aromatic carbocycles. The Bertz CT molecular complexity index is 247. The van der Waals surface area contributed by atoms with Crippen LogP contribution in [0.25, 0.3) is 0 Å². The van der Waals surface area contributed by atoms with Crippen molar-refractivity contribution >= 4 is 0 Å². The molecule has 1 saturated carbocycles. The average Bonchev–Trinajstić information content (AvgIpc) is 2.88. The summed E-state index contributed by atoms with van der Waals surface area (Å²) in [5.74, 6) is 0.575. The molecule has 3 fully saturated rings. The zero-order valence-electron chi connectivity index (χ0n) is 11.1. The number of hydrogen-bond acceptors (Lipinski definition) is 4. The summed E-state index contributed by atoms with van der Waals surface area (Å²) >= 11 is 0. The first kappa shape index (κ1) is 12.9. The van der Waals surface area contributed by atoms with E-state index >= 15 is 0 Å². The van der Waals surface area contributed by atoms with Crippen molar-refractivity contribution in [2.24, 2.45) is 5.92 Å². The Kier molecular flexibility index (Phi) is 4.19. The highest BCUT2D eigenvalue weighted by molar-refractivity contribution is 4.82. The third kappa shape index (κ3) is 3.05. The van der Waals surface area contributed by atoms with Crippen LogP contribution in [0, 0.1) is 5.92 Å². The maximum absolute atomic E-state index is 5.75. The van der Waals surface area contributed by atoms with Crippen molar-refractivity contribution in [3.63, 3.8) is 0 Å². The second kappa shape index (κ2) is 5.87. The molecule has 3 rings (SSSR count). The molecule has 0 N–H and O–H groups in total. The van der Waals surface area contributed by atoms with Crippen molar-refractivity contribution in [1.82, 2.24) is 0 Å². The predicted molar refractivity (Wildman–Crippen MR) is 66.1 cm³/mol. The normalized spacial score (nSPS) is 30.0. The van der Waals surface area contributed by atoms with E-state index in [9.17, 15) is 0 Å². The molecule has 0 unspecified atom stereocenters. The molecule has 4 heteroatoms. The summed E-state index contributed by atoms with van der Waals surface area (Å²) < 4.78 is 22.7. The van der Waals surface area contributed by atoms with E-state index in [4.69, 9.17) is 18.9 Å². The minimum atomic E-state index is -0.214. The molecule has 2 heterocycles. The van der Waals surface area contributed by atoms with Crippen LogP contribution in [0.2, 0.25) is 0 Å². The third-order valence-electron chi connectivity index (χ3n) is 4.39. The van der Waals surface area contributed by atoms with Gasteiger partial charge in [-0.3, -0.25) is 0 Å². The molecule has 104 valence electrons. The highest BCUT2D eigenvalue weighted by atomic mass is 16.7. The Morgan fingerprint density at radius 2 is 1.50 bits per heavy atom. The number of ether oxygens (including phenoxy) is 4.